The highest BCUT2D eigenvalue weighted by Gasteiger charge is 2.47. The van der Waals surface area contributed by atoms with E-state index in [0.29, 0.717) is 17.4 Å². The van der Waals surface area contributed by atoms with E-state index in [9.17, 15) is 17.6 Å². The van der Waals surface area contributed by atoms with Gasteiger partial charge in [0, 0.05) is 24.5 Å². The SMILES string of the molecule is CN1CN(c2ccccc2COc2ncc(C(F)(F)F)cc2Cl)C(Cl)(c2c(F)cccc2Cl)N1. The van der Waals surface area contributed by atoms with E-state index in [1.807, 2.05) is 0 Å². The van der Waals surface area contributed by atoms with E-state index in [1.165, 1.54) is 18.2 Å². The van der Waals surface area contributed by atoms with Gasteiger partial charge in [0.1, 0.15) is 17.4 Å². The van der Waals surface area contributed by atoms with Crippen LogP contribution in [0.1, 0.15) is 16.7 Å². The van der Waals surface area contributed by atoms with Crippen LogP contribution in [0.4, 0.5) is 23.2 Å². The Morgan fingerprint density at radius 1 is 1.12 bits per heavy atom. The first-order chi connectivity index (χ1) is 16.0. The number of nitrogens with one attached hydrogen (secondary N) is 1. The molecule has 0 amide bonds. The van der Waals surface area contributed by atoms with Crippen LogP contribution in [0.5, 0.6) is 5.88 Å². The number of anilines is 1. The van der Waals surface area contributed by atoms with Gasteiger partial charge in [0.05, 0.1) is 22.8 Å². The van der Waals surface area contributed by atoms with Crippen LogP contribution in [0, 0.1) is 5.82 Å². The smallest absolute Gasteiger partial charge is 0.417 e. The van der Waals surface area contributed by atoms with Gasteiger partial charge >= 0.3 is 6.18 Å². The van der Waals surface area contributed by atoms with Crippen molar-refractivity contribution in [2.24, 2.45) is 0 Å². The number of hydrogen-bond donors (Lipinski definition) is 1. The maximum Gasteiger partial charge on any atom is 0.417 e. The summed E-state index contributed by atoms with van der Waals surface area (Å²) >= 11 is 19.2. The van der Waals surface area contributed by atoms with Gasteiger partial charge in [0.25, 0.3) is 0 Å². The number of aromatic nitrogens is 1. The number of alkyl halides is 4. The van der Waals surface area contributed by atoms with Crippen LogP contribution in [-0.2, 0) is 17.9 Å². The lowest BCUT2D eigenvalue weighted by Gasteiger charge is -2.35. The zero-order valence-corrected chi connectivity index (χ0v) is 19.8. The fraction of sp³-hybridized carbons (Fsp3) is 0.227. The number of ether oxygens (including phenoxy) is 1. The average Bonchev–Trinajstić information content (AvgIpc) is 3.06. The summed E-state index contributed by atoms with van der Waals surface area (Å²) in [4.78, 5) is 5.39. The third kappa shape index (κ3) is 4.76. The molecule has 12 heteroatoms. The van der Waals surface area contributed by atoms with Crippen molar-refractivity contribution in [1.29, 1.82) is 0 Å². The number of hydrogen-bond acceptors (Lipinski definition) is 5. The molecule has 3 aromatic rings. The second-order valence-corrected chi connectivity index (χ2v) is 8.89. The minimum atomic E-state index is -4.58. The molecule has 1 N–H and O–H groups in total. The number of nitrogens with zero attached hydrogens (tertiary/aromatic N) is 3. The number of pyridine rings is 1. The molecular formula is C22H17Cl3F4N4O. The first-order valence-corrected chi connectivity index (χ1v) is 11.0. The molecule has 1 aliphatic heterocycles. The quantitative estimate of drug-likeness (QED) is 0.233. The number of hydrazine groups is 1. The normalized spacial score (nSPS) is 19.0. The second-order valence-electron chi connectivity index (χ2n) is 7.52. The van der Waals surface area contributed by atoms with Crippen molar-refractivity contribution in [3.63, 3.8) is 0 Å². The molecule has 1 unspecified atom stereocenters. The Hall–Kier alpha value is -2.30. The molecule has 0 spiro atoms. The molecule has 1 saturated heterocycles. The van der Waals surface area contributed by atoms with E-state index >= 15 is 0 Å². The number of rotatable bonds is 5. The van der Waals surface area contributed by atoms with Crippen LogP contribution in [-0.4, -0.2) is 23.7 Å². The molecule has 180 valence electrons. The maximum absolute atomic E-state index is 14.8. The van der Waals surface area contributed by atoms with Gasteiger partial charge in [-0.25, -0.2) is 19.8 Å². The van der Waals surface area contributed by atoms with Crippen molar-refractivity contribution in [2.45, 2.75) is 17.9 Å². The molecule has 34 heavy (non-hydrogen) atoms. The van der Waals surface area contributed by atoms with Crippen LogP contribution in [0.3, 0.4) is 0 Å². The fourth-order valence-electron chi connectivity index (χ4n) is 3.63. The maximum atomic E-state index is 14.8. The zero-order valence-electron chi connectivity index (χ0n) is 17.5. The Morgan fingerprint density at radius 2 is 1.85 bits per heavy atom. The molecule has 2 aromatic carbocycles. The van der Waals surface area contributed by atoms with Gasteiger partial charge in [-0.15, -0.1) is 0 Å². The Bertz CT molecular complexity index is 1190. The van der Waals surface area contributed by atoms with Crippen molar-refractivity contribution in [2.75, 3.05) is 18.6 Å². The Morgan fingerprint density at radius 3 is 2.53 bits per heavy atom. The van der Waals surface area contributed by atoms with E-state index in [1.54, 1.807) is 41.2 Å². The lowest BCUT2D eigenvalue weighted by atomic mass is 10.1. The monoisotopic (exact) mass is 534 g/mol. The third-order valence-corrected chi connectivity index (χ3v) is 6.20. The molecule has 1 aromatic heterocycles. The van der Waals surface area contributed by atoms with Crippen molar-refractivity contribution >= 4 is 40.5 Å². The summed E-state index contributed by atoms with van der Waals surface area (Å²) in [6, 6.07) is 12.0. The number of para-hydroxylation sites is 1. The van der Waals surface area contributed by atoms with E-state index in [2.05, 4.69) is 10.4 Å². The molecule has 0 aliphatic carbocycles. The molecule has 1 aliphatic rings. The lowest BCUT2D eigenvalue weighted by molar-refractivity contribution is -0.137. The molecule has 0 radical (unpaired) electrons. The van der Waals surface area contributed by atoms with E-state index < -0.39 is 22.7 Å². The first-order valence-electron chi connectivity index (χ1n) is 9.84. The fourth-order valence-corrected chi connectivity index (χ4v) is 4.68. The van der Waals surface area contributed by atoms with Crippen LogP contribution in [0.2, 0.25) is 10.0 Å². The Kier molecular flexibility index (Phi) is 6.85. The molecule has 4 rings (SSSR count). The first kappa shape index (κ1) is 24.8. The summed E-state index contributed by atoms with van der Waals surface area (Å²) < 4.78 is 59.1. The predicted octanol–water partition coefficient (Wildman–Crippen LogP) is 6.39. The van der Waals surface area contributed by atoms with Gasteiger partial charge in [-0.1, -0.05) is 59.1 Å². The van der Waals surface area contributed by atoms with Gasteiger partial charge < -0.3 is 9.64 Å². The minimum Gasteiger partial charge on any atom is -0.472 e. The lowest BCUT2D eigenvalue weighted by Crippen LogP contribution is -2.46. The van der Waals surface area contributed by atoms with Gasteiger partial charge in [0.2, 0.25) is 11.0 Å². The van der Waals surface area contributed by atoms with E-state index in [0.717, 1.165) is 6.07 Å². The van der Waals surface area contributed by atoms with Crippen LogP contribution < -0.4 is 15.1 Å². The summed E-state index contributed by atoms with van der Waals surface area (Å²) in [5.41, 5.74) is 3.28. The highest BCUT2D eigenvalue weighted by atomic mass is 35.5. The third-order valence-electron chi connectivity index (χ3n) is 5.14. The highest BCUT2D eigenvalue weighted by molar-refractivity contribution is 6.34. The highest BCUT2D eigenvalue weighted by Crippen LogP contribution is 2.43. The van der Waals surface area contributed by atoms with E-state index in [4.69, 9.17) is 39.5 Å². The molecule has 1 fully saturated rings. The molecular weight excluding hydrogens is 519 g/mol. The van der Waals surface area contributed by atoms with Crippen molar-refractivity contribution in [1.82, 2.24) is 15.4 Å². The summed E-state index contributed by atoms with van der Waals surface area (Å²) in [7, 11) is 1.73. The van der Waals surface area contributed by atoms with Gasteiger partial charge in [-0.05, 0) is 24.3 Å². The van der Waals surface area contributed by atoms with Crippen molar-refractivity contribution in [3.8, 4) is 5.88 Å². The number of halogens is 7. The minimum absolute atomic E-state index is 0.0471. The van der Waals surface area contributed by atoms with Gasteiger partial charge in [-0.3, -0.25) is 0 Å². The van der Waals surface area contributed by atoms with Crippen molar-refractivity contribution < 1.29 is 22.3 Å². The Labute approximate surface area is 207 Å². The summed E-state index contributed by atoms with van der Waals surface area (Å²) in [5.74, 6) is -0.750. The standard InChI is InChI=1S/C22H17Cl3F4N4O/c1-32-12-33(21(25,31-32)19-15(23)6-4-7-17(19)26)18-8-3-2-5-13(18)11-34-20-16(24)9-14(10-30-20)22(27,28)29/h2-10,31H,11-12H2,1H3. The summed E-state index contributed by atoms with van der Waals surface area (Å²) in [6.45, 7) is 0.164. The van der Waals surface area contributed by atoms with Crippen LogP contribution in [0.15, 0.2) is 54.7 Å². The summed E-state index contributed by atoms with van der Waals surface area (Å²) in [5, 5.41) is -0.0313. The zero-order chi connectivity index (χ0) is 24.7. The topological polar surface area (TPSA) is 40.6 Å². The predicted molar refractivity (Wildman–Crippen MR) is 122 cm³/mol. The number of benzene rings is 2. The molecule has 1 atom stereocenters. The second kappa shape index (κ2) is 9.39. The Balaban J connectivity index is 1.66. The van der Waals surface area contributed by atoms with Gasteiger partial charge in [-0.2, -0.15) is 13.2 Å². The van der Waals surface area contributed by atoms with Crippen LogP contribution >= 0.6 is 34.8 Å². The molecule has 0 saturated carbocycles. The van der Waals surface area contributed by atoms with Gasteiger partial charge in [0.15, 0.2) is 0 Å². The average molecular weight is 536 g/mol. The summed E-state index contributed by atoms with van der Waals surface area (Å²) in [6.07, 6.45) is -3.93. The van der Waals surface area contributed by atoms with Crippen molar-refractivity contribution in [3.05, 3.63) is 87.3 Å². The largest absolute Gasteiger partial charge is 0.472 e. The molecule has 0 bridgehead atoms. The van der Waals surface area contributed by atoms with Crippen LogP contribution in [0.25, 0.3) is 0 Å². The van der Waals surface area contributed by atoms with E-state index in [-0.39, 0.29) is 34.8 Å². The molecule has 2 heterocycles. The molecule has 5 nitrogen and oxygen atoms in total.